The van der Waals surface area contributed by atoms with E-state index < -0.39 is 0 Å². The van der Waals surface area contributed by atoms with Gasteiger partial charge in [-0.3, -0.25) is 0 Å². The van der Waals surface area contributed by atoms with Gasteiger partial charge in [0.15, 0.2) is 0 Å². The average Bonchev–Trinajstić information content (AvgIpc) is 3.06. The van der Waals surface area contributed by atoms with Crippen LogP contribution in [0.2, 0.25) is 0 Å². The molecule has 0 spiro atoms. The molecule has 1 radical (unpaired) electrons. The Hall–Kier alpha value is -3.72. The molecular formula is C40H49O3. The Labute approximate surface area is 260 Å². The first-order valence-electron chi connectivity index (χ1n) is 16.4. The van der Waals surface area contributed by atoms with Crippen LogP contribution in [0.15, 0.2) is 109 Å². The average molecular weight is 578 g/mol. The molecule has 4 aromatic rings. The van der Waals surface area contributed by atoms with E-state index in [1.165, 1.54) is 81.8 Å². The van der Waals surface area contributed by atoms with Crippen molar-refractivity contribution < 1.29 is 14.2 Å². The van der Waals surface area contributed by atoms with E-state index in [4.69, 9.17) is 14.2 Å². The van der Waals surface area contributed by atoms with Crippen molar-refractivity contribution in [2.75, 3.05) is 13.2 Å². The number of hydrogen-bond acceptors (Lipinski definition) is 3. The molecule has 4 rings (SSSR count). The fraction of sp³-hybridized carbons (Fsp3) is 0.375. The molecule has 0 aliphatic carbocycles. The second-order valence-corrected chi connectivity index (χ2v) is 11.2. The Balaban J connectivity index is 0.873. The Morgan fingerprint density at radius 3 is 1.30 bits per heavy atom. The van der Waals surface area contributed by atoms with Crippen LogP contribution in [0.5, 0.6) is 23.0 Å². The van der Waals surface area contributed by atoms with Crippen LogP contribution in [0.25, 0.3) is 11.1 Å². The molecule has 0 aromatic heterocycles. The summed E-state index contributed by atoms with van der Waals surface area (Å²) in [6.45, 7) is 1.59. The predicted octanol–water partition coefficient (Wildman–Crippen LogP) is 11.9. The van der Waals surface area contributed by atoms with Crippen molar-refractivity contribution in [1.82, 2.24) is 0 Å². The van der Waals surface area contributed by atoms with Crippen molar-refractivity contribution in [3.8, 4) is 34.1 Å². The van der Waals surface area contributed by atoms with E-state index in [0.29, 0.717) is 0 Å². The molecule has 0 fully saturated rings. The SMILES string of the molecule is [CH](CCCCCCCCOc1ccc(-c2ccccc2)cc1)CCCCCCCOc1ccc(Oc2ccccc2)cc1. The quantitative estimate of drug-likeness (QED) is 0.0870. The van der Waals surface area contributed by atoms with Gasteiger partial charge in [-0.1, -0.05) is 131 Å². The standard InChI is InChI=1S/C40H49O3/c1(3-5-7-9-11-19-33-41-37-27-25-36(26-28-37)35-21-15-13-16-22-35)2-4-6-8-10-12-20-34-42-38-29-31-40(32-30-38)43-39-23-17-14-18-24-39/h2,13-18,21-32H,1,3-12,19-20,33-34H2. The summed E-state index contributed by atoms with van der Waals surface area (Å²) in [4.78, 5) is 0. The molecule has 0 amide bonds. The van der Waals surface area contributed by atoms with Gasteiger partial charge in [0.2, 0.25) is 0 Å². The molecule has 0 unspecified atom stereocenters. The van der Waals surface area contributed by atoms with Gasteiger partial charge >= 0.3 is 0 Å². The predicted molar refractivity (Wildman–Crippen MR) is 180 cm³/mol. The van der Waals surface area contributed by atoms with Gasteiger partial charge < -0.3 is 14.2 Å². The Kier molecular flexibility index (Phi) is 15.1. The highest BCUT2D eigenvalue weighted by Gasteiger charge is 2.01. The zero-order chi connectivity index (χ0) is 29.6. The van der Waals surface area contributed by atoms with E-state index >= 15 is 0 Å². The minimum Gasteiger partial charge on any atom is -0.494 e. The lowest BCUT2D eigenvalue weighted by Gasteiger charge is -2.08. The molecule has 4 aromatic carbocycles. The molecule has 0 atom stereocenters. The maximum absolute atomic E-state index is 5.94. The third kappa shape index (κ3) is 13.4. The minimum absolute atomic E-state index is 0.779. The Morgan fingerprint density at radius 2 is 0.744 bits per heavy atom. The first-order valence-corrected chi connectivity index (χ1v) is 16.4. The summed E-state index contributed by atoms with van der Waals surface area (Å²) in [5.41, 5.74) is 2.48. The van der Waals surface area contributed by atoms with E-state index in [1.54, 1.807) is 0 Å². The van der Waals surface area contributed by atoms with Crippen LogP contribution in [-0.4, -0.2) is 13.2 Å². The minimum atomic E-state index is 0.779. The zero-order valence-corrected chi connectivity index (χ0v) is 25.8. The molecule has 3 nitrogen and oxygen atoms in total. The molecule has 0 aliphatic rings. The van der Waals surface area contributed by atoms with E-state index in [0.717, 1.165) is 49.1 Å². The van der Waals surface area contributed by atoms with Crippen LogP contribution in [0.1, 0.15) is 83.5 Å². The molecular weight excluding hydrogens is 528 g/mol. The molecule has 0 N–H and O–H groups in total. The molecule has 0 bridgehead atoms. The van der Waals surface area contributed by atoms with Crippen molar-refractivity contribution in [2.45, 2.75) is 83.5 Å². The summed E-state index contributed by atoms with van der Waals surface area (Å²) in [5.74, 6) is 3.55. The van der Waals surface area contributed by atoms with E-state index in [9.17, 15) is 0 Å². The number of benzene rings is 4. The first-order chi connectivity index (χ1) is 21.4. The van der Waals surface area contributed by atoms with Gasteiger partial charge in [0.25, 0.3) is 0 Å². The third-order valence-corrected chi connectivity index (χ3v) is 7.66. The highest BCUT2D eigenvalue weighted by Crippen LogP contribution is 2.24. The van der Waals surface area contributed by atoms with Crippen LogP contribution in [-0.2, 0) is 0 Å². The van der Waals surface area contributed by atoms with Gasteiger partial charge in [-0.05, 0) is 78.9 Å². The zero-order valence-electron chi connectivity index (χ0n) is 25.8. The lowest BCUT2D eigenvalue weighted by atomic mass is 10.0. The highest BCUT2D eigenvalue weighted by atomic mass is 16.5. The number of unbranched alkanes of at least 4 members (excludes halogenated alkanes) is 13. The van der Waals surface area contributed by atoms with Crippen LogP contribution in [0.4, 0.5) is 0 Å². The van der Waals surface area contributed by atoms with Crippen molar-refractivity contribution in [3.05, 3.63) is 116 Å². The van der Waals surface area contributed by atoms with Gasteiger partial charge in [-0.15, -0.1) is 0 Å². The summed E-state index contributed by atoms with van der Waals surface area (Å²) in [5, 5.41) is 0. The maximum atomic E-state index is 5.94. The van der Waals surface area contributed by atoms with Gasteiger partial charge in [0.1, 0.15) is 23.0 Å². The molecule has 0 saturated carbocycles. The Morgan fingerprint density at radius 1 is 0.349 bits per heavy atom. The molecule has 0 saturated heterocycles. The van der Waals surface area contributed by atoms with Gasteiger partial charge in [-0.2, -0.15) is 0 Å². The normalized spacial score (nSPS) is 10.9. The molecule has 227 valence electrons. The molecule has 43 heavy (non-hydrogen) atoms. The van der Waals surface area contributed by atoms with E-state index in [-0.39, 0.29) is 0 Å². The number of hydrogen-bond donors (Lipinski definition) is 0. The monoisotopic (exact) mass is 577 g/mol. The smallest absolute Gasteiger partial charge is 0.127 e. The molecule has 0 heterocycles. The van der Waals surface area contributed by atoms with Crippen LogP contribution < -0.4 is 14.2 Å². The largest absolute Gasteiger partial charge is 0.494 e. The van der Waals surface area contributed by atoms with Gasteiger partial charge in [-0.25, -0.2) is 0 Å². The summed E-state index contributed by atoms with van der Waals surface area (Å²) in [6.07, 6.45) is 19.0. The van der Waals surface area contributed by atoms with Crippen LogP contribution in [0, 0.1) is 6.42 Å². The Bertz CT molecular complexity index is 1220. The first kappa shape index (κ1) is 32.2. The van der Waals surface area contributed by atoms with Gasteiger partial charge in [0, 0.05) is 0 Å². The third-order valence-electron chi connectivity index (χ3n) is 7.66. The second kappa shape index (κ2) is 20.2. The second-order valence-electron chi connectivity index (χ2n) is 11.2. The number of ether oxygens (including phenoxy) is 3. The van der Waals surface area contributed by atoms with Crippen molar-refractivity contribution in [2.24, 2.45) is 0 Å². The van der Waals surface area contributed by atoms with Crippen molar-refractivity contribution >= 4 is 0 Å². The fourth-order valence-corrected chi connectivity index (χ4v) is 5.15. The molecule has 3 heteroatoms. The van der Waals surface area contributed by atoms with Crippen molar-refractivity contribution in [1.29, 1.82) is 0 Å². The van der Waals surface area contributed by atoms with Gasteiger partial charge in [0.05, 0.1) is 13.2 Å². The summed E-state index contributed by atoms with van der Waals surface area (Å²) in [7, 11) is 0. The summed E-state index contributed by atoms with van der Waals surface area (Å²) < 4.78 is 17.7. The number of para-hydroxylation sites is 1. The van der Waals surface area contributed by atoms with Crippen molar-refractivity contribution in [3.63, 3.8) is 0 Å². The van der Waals surface area contributed by atoms with Crippen LogP contribution in [0.3, 0.4) is 0 Å². The lowest BCUT2D eigenvalue weighted by Crippen LogP contribution is -1.97. The fourth-order valence-electron chi connectivity index (χ4n) is 5.15. The van der Waals surface area contributed by atoms with E-state index in [2.05, 4.69) is 55.0 Å². The molecule has 0 aliphatic heterocycles. The van der Waals surface area contributed by atoms with E-state index in [1.807, 2.05) is 60.7 Å². The summed E-state index contributed by atoms with van der Waals surface area (Å²) in [6, 6.07) is 36.7. The number of rotatable bonds is 22. The van der Waals surface area contributed by atoms with Crippen LogP contribution >= 0.6 is 0 Å². The maximum Gasteiger partial charge on any atom is 0.127 e. The topological polar surface area (TPSA) is 27.7 Å². The lowest BCUT2D eigenvalue weighted by molar-refractivity contribution is 0.304. The summed E-state index contributed by atoms with van der Waals surface area (Å²) >= 11 is 0. The highest BCUT2D eigenvalue weighted by molar-refractivity contribution is 5.63.